The molecule has 4 heteroatoms. The molecule has 0 aliphatic rings. The van der Waals surface area contributed by atoms with E-state index in [-0.39, 0.29) is 11.8 Å². The summed E-state index contributed by atoms with van der Waals surface area (Å²) in [6.07, 6.45) is 1.61. The number of hydrogen-bond acceptors (Lipinski definition) is 2. The maximum atomic E-state index is 11.8. The van der Waals surface area contributed by atoms with Crippen molar-refractivity contribution in [1.82, 2.24) is 0 Å². The molecule has 0 spiro atoms. The molecule has 2 amide bonds. The van der Waals surface area contributed by atoms with E-state index in [0.717, 1.165) is 12.8 Å². The first kappa shape index (κ1) is 13.2. The Hall–Kier alpha value is -1.84. The number of benzene rings is 1. The van der Waals surface area contributed by atoms with Crippen molar-refractivity contribution >= 4 is 17.5 Å². The van der Waals surface area contributed by atoms with Crippen molar-refractivity contribution in [3.8, 4) is 0 Å². The summed E-state index contributed by atoms with van der Waals surface area (Å²) in [5.74, 6) is -0.507. The Bertz CT molecular complexity index is 412. The van der Waals surface area contributed by atoms with E-state index < -0.39 is 5.91 Å². The zero-order valence-electron chi connectivity index (χ0n) is 10.2. The first-order valence-electron chi connectivity index (χ1n) is 5.79. The fraction of sp³-hybridized carbons (Fsp3) is 0.385. The van der Waals surface area contributed by atoms with Crippen LogP contribution < -0.4 is 11.1 Å². The summed E-state index contributed by atoms with van der Waals surface area (Å²) in [6.45, 7) is 3.96. The maximum absolute atomic E-state index is 11.8. The van der Waals surface area contributed by atoms with E-state index in [2.05, 4.69) is 5.32 Å². The molecule has 0 unspecified atom stereocenters. The fourth-order valence-corrected chi connectivity index (χ4v) is 1.65. The predicted molar refractivity (Wildman–Crippen MR) is 67.7 cm³/mol. The number of carbonyl (C=O) groups is 2. The molecular weight excluding hydrogens is 216 g/mol. The number of primary amides is 1. The van der Waals surface area contributed by atoms with E-state index in [9.17, 15) is 9.59 Å². The molecule has 0 radical (unpaired) electrons. The SMILES string of the molecule is CCC(CC)C(=O)Nc1cccc(C(N)=O)c1. The largest absolute Gasteiger partial charge is 0.366 e. The summed E-state index contributed by atoms with van der Waals surface area (Å²) in [5.41, 5.74) is 6.18. The van der Waals surface area contributed by atoms with Gasteiger partial charge >= 0.3 is 0 Å². The van der Waals surface area contributed by atoms with Gasteiger partial charge in [0.05, 0.1) is 0 Å². The van der Waals surface area contributed by atoms with Crippen molar-refractivity contribution in [2.45, 2.75) is 26.7 Å². The molecule has 0 aliphatic heterocycles. The van der Waals surface area contributed by atoms with Gasteiger partial charge in [0.25, 0.3) is 0 Å². The van der Waals surface area contributed by atoms with Crippen LogP contribution in [0.4, 0.5) is 5.69 Å². The van der Waals surface area contributed by atoms with Gasteiger partial charge in [-0.25, -0.2) is 0 Å². The minimum atomic E-state index is -0.497. The van der Waals surface area contributed by atoms with Crippen LogP contribution in [0.25, 0.3) is 0 Å². The van der Waals surface area contributed by atoms with Crippen LogP contribution in [0.5, 0.6) is 0 Å². The molecule has 0 aliphatic carbocycles. The van der Waals surface area contributed by atoms with Crippen molar-refractivity contribution in [2.24, 2.45) is 11.7 Å². The third-order valence-corrected chi connectivity index (χ3v) is 2.77. The Morgan fingerprint density at radius 2 is 1.94 bits per heavy atom. The van der Waals surface area contributed by atoms with Gasteiger partial charge in [-0.15, -0.1) is 0 Å². The Morgan fingerprint density at radius 1 is 1.29 bits per heavy atom. The van der Waals surface area contributed by atoms with Crippen LogP contribution in [-0.4, -0.2) is 11.8 Å². The van der Waals surface area contributed by atoms with Gasteiger partial charge in [-0.2, -0.15) is 0 Å². The summed E-state index contributed by atoms with van der Waals surface area (Å²) in [6, 6.07) is 6.65. The highest BCUT2D eigenvalue weighted by atomic mass is 16.2. The quantitative estimate of drug-likeness (QED) is 0.819. The second-order valence-electron chi connectivity index (χ2n) is 3.95. The van der Waals surface area contributed by atoms with Gasteiger partial charge in [-0.1, -0.05) is 19.9 Å². The number of nitrogens with one attached hydrogen (secondary N) is 1. The van der Waals surface area contributed by atoms with Crippen LogP contribution >= 0.6 is 0 Å². The molecule has 92 valence electrons. The topological polar surface area (TPSA) is 72.2 Å². The number of hydrogen-bond donors (Lipinski definition) is 2. The van der Waals surface area contributed by atoms with E-state index in [1.807, 2.05) is 13.8 Å². The maximum Gasteiger partial charge on any atom is 0.248 e. The zero-order chi connectivity index (χ0) is 12.8. The van der Waals surface area contributed by atoms with Crippen molar-refractivity contribution < 1.29 is 9.59 Å². The number of anilines is 1. The third kappa shape index (κ3) is 3.59. The predicted octanol–water partition coefficient (Wildman–Crippen LogP) is 2.16. The molecule has 0 saturated carbocycles. The average Bonchev–Trinajstić information content (AvgIpc) is 2.30. The fourth-order valence-electron chi connectivity index (χ4n) is 1.65. The van der Waals surface area contributed by atoms with E-state index in [1.165, 1.54) is 0 Å². The number of nitrogens with two attached hydrogens (primary N) is 1. The molecule has 0 saturated heterocycles. The van der Waals surface area contributed by atoms with Gasteiger partial charge in [0.1, 0.15) is 0 Å². The average molecular weight is 234 g/mol. The smallest absolute Gasteiger partial charge is 0.248 e. The van der Waals surface area contributed by atoms with Gasteiger partial charge in [0.2, 0.25) is 11.8 Å². The highest BCUT2D eigenvalue weighted by molar-refractivity contribution is 5.96. The van der Waals surface area contributed by atoms with Crippen LogP contribution in [0.15, 0.2) is 24.3 Å². The minimum absolute atomic E-state index is 0.00670. The van der Waals surface area contributed by atoms with Crippen molar-refractivity contribution in [2.75, 3.05) is 5.32 Å². The first-order valence-corrected chi connectivity index (χ1v) is 5.79. The lowest BCUT2D eigenvalue weighted by Crippen LogP contribution is -2.22. The lowest BCUT2D eigenvalue weighted by atomic mass is 10.0. The zero-order valence-corrected chi connectivity index (χ0v) is 10.2. The summed E-state index contributed by atoms with van der Waals surface area (Å²) in [4.78, 5) is 22.8. The highest BCUT2D eigenvalue weighted by Crippen LogP contribution is 2.14. The summed E-state index contributed by atoms with van der Waals surface area (Å²) in [5, 5.41) is 2.79. The molecule has 0 bridgehead atoms. The second kappa shape index (κ2) is 6.03. The van der Waals surface area contributed by atoms with Gasteiger partial charge in [-0.3, -0.25) is 9.59 Å². The standard InChI is InChI=1S/C13H18N2O2/c1-3-9(4-2)13(17)15-11-7-5-6-10(8-11)12(14)16/h5-9H,3-4H2,1-2H3,(H2,14,16)(H,15,17). The molecule has 3 N–H and O–H groups in total. The number of rotatable bonds is 5. The lowest BCUT2D eigenvalue weighted by molar-refractivity contribution is -0.120. The minimum Gasteiger partial charge on any atom is -0.366 e. The van der Waals surface area contributed by atoms with Crippen LogP contribution in [-0.2, 0) is 4.79 Å². The Balaban J connectivity index is 2.78. The Kier molecular flexibility index (Phi) is 4.69. The van der Waals surface area contributed by atoms with Crippen LogP contribution in [0.1, 0.15) is 37.0 Å². The second-order valence-corrected chi connectivity index (χ2v) is 3.95. The van der Waals surface area contributed by atoms with E-state index in [0.29, 0.717) is 11.3 Å². The summed E-state index contributed by atoms with van der Waals surface area (Å²) >= 11 is 0. The lowest BCUT2D eigenvalue weighted by Gasteiger charge is -2.13. The monoisotopic (exact) mass is 234 g/mol. The third-order valence-electron chi connectivity index (χ3n) is 2.77. The van der Waals surface area contributed by atoms with Gasteiger partial charge in [0.15, 0.2) is 0 Å². The molecule has 0 aromatic heterocycles. The summed E-state index contributed by atoms with van der Waals surface area (Å²) < 4.78 is 0. The normalized spacial score (nSPS) is 10.3. The van der Waals surface area contributed by atoms with Gasteiger partial charge in [-0.05, 0) is 31.0 Å². The Labute approximate surface area is 101 Å². The molecule has 4 nitrogen and oxygen atoms in total. The Morgan fingerprint density at radius 3 is 2.47 bits per heavy atom. The highest BCUT2D eigenvalue weighted by Gasteiger charge is 2.14. The van der Waals surface area contributed by atoms with Crippen LogP contribution in [0.2, 0.25) is 0 Å². The molecule has 1 aromatic rings. The van der Waals surface area contributed by atoms with E-state index in [4.69, 9.17) is 5.73 Å². The van der Waals surface area contributed by atoms with Crippen molar-refractivity contribution in [1.29, 1.82) is 0 Å². The van der Waals surface area contributed by atoms with Crippen LogP contribution in [0.3, 0.4) is 0 Å². The number of carbonyl (C=O) groups excluding carboxylic acids is 2. The van der Waals surface area contributed by atoms with E-state index >= 15 is 0 Å². The van der Waals surface area contributed by atoms with Crippen molar-refractivity contribution in [3.05, 3.63) is 29.8 Å². The summed E-state index contributed by atoms with van der Waals surface area (Å²) in [7, 11) is 0. The molecule has 1 rings (SSSR count). The van der Waals surface area contributed by atoms with Gasteiger partial charge < -0.3 is 11.1 Å². The van der Waals surface area contributed by atoms with E-state index in [1.54, 1.807) is 24.3 Å². The molecular formula is C13H18N2O2. The molecule has 1 aromatic carbocycles. The molecule has 0 atom stereocenters. The molecule has 0 heterocycles. The van der Waals surface area contributed by atoms with Crippen LogP contribution in [0, 0.1) is 5.92 Å². The van der Waals surface area contributed by atoms with Gasteiger partial charge in [0, 0.05) is 17.2 Å². The first-order chi connectivity index (χ1) is 8.08. The number of amides is 2. The molecule has 0 fully saturated rings. The molecule has 17 heavy (non-hydrogen) atoms. The van der Waals surface area contributed by atoms with Crippen molar-refractivity contribution in [3.63, 3.8) is 0 Å².